The first-order valence-electron chi connectivity index (χ1n) is 11.1. The lowest BCUT2D eigenvalue weighted by atomic mass is 10.1. The zero-order valence-corrected chi connectivity index (χ0v) is 18.3. The van der Waals surface area contributed by atoms with Gasteiger partial charge in [-0.05, 0) is 30.7 Å². The third kappa shape index (κ3) is 3.28. The highest BCUT2D eigenvalue weighted by molar-refractivity contribution is 6.27. The molecule has 0 bridgehead atoms. The lowest BCUT2D eigenvalue weighted by Gasteiger charge is -2.21. The molecule has 4 atom stereocenters. The summed E-state index contributed by atoms with van der Waals surface area (Å²) in [7, 11) is 0. The molecule has 0 N–H and O–H groups in total. The van der Waals surface area contributed by atoms with Crippen molar-refractivity contribution < 1.29 is 19.1 Å². The molecule has 2 fully saturated rings. The van der Waals surface area contributed by atoms with Crippen LogP contribution in [0.3, 0.4) is 0 Å². The summed E-state index contributed by atoms with van der Waals surface area (Å²) in [6.07, 6.45) is 3.43. The zero-order chi connectivity index (χ0) is 23.2. The number of fused-ring (bicyclic) bond motifs is 2. The zero-order valence-electron chi connectivity index (χ0n) is 18.3. The molecule has 2 aromatic heterocycles. The van der Waals surface area contributed by atoms with Crippen molar-refractivity contribution in [3.05, 3.63) is 84.4 Å². The van der Waals surface area contributed by atoms with E-state index in [1.807, 2.05) is 12.1 Å². The van der Waals surface area contributed by atoms with Crippen molar-refractivity contribution in [1.82, 2.24) is 19.5 Å². The molecule has 170 valence electrons. The Morgan fingerprint density at radius 2 is 1.53 bits per heavy atom. The van der Waals surface area contributed by atoms with Gasteiger partial charge in [-0.3, -0.25) is 14.2 Å². The first-order valence-corrected chi connectivity index (χ1v) is 11.1. The van der Waals surface area contributed by atoms with Crippen LogP contribution in [0.1, 0.15) is 40.3 Å². The van der Waals surface area contributed by atoms with E-state index >= 15 is 0 Å². The number of benzene rings is 2. The van der Waals surface area contributed by atoms with Crippen LogP contribution in [0.5, 0.6) is 0 Å². The molecule has 0 radical (unpaired) electrons. The number of hydrogen-bond acceptors (Lipinski definition) is 7. The molecule has 2 amide bonds. The van der Waals surface area contributed by atoms with Crippen LogP contribution in [0.4, 0.5) is 5.82 Å². The molecular weight excluding hydrogens is 434 g/mol. The molecule has 2 aromatic carbocycles. The van der Waals surface area contributed by atoms with E-state index in [2.05, 4.69) is 21.9 Å². The second-order valence-electron chi connectivity index (χ2n) is 8.24. The number of carbonyl (C=O) groups is 2. The van der Waals surface area contributed by atoms with Gasteiger partial charge in [-0.1, -0.05) is 43.3 Å². The molecule has 0 unspecified atom stereocenters. The van der Waals surface area contributed by atoms with Crippen LogP contribution in [0.15, 0.2) is 73.3 Å². The van der Waals surface area contributed by atoms with Crippen LogP contribution >= 0.6 is 0 Å². The number of hydrogen-bond donors (Lipinski definition) is 0. The Morgan fingerprint density at radius 3 is 2.12 bits per heavy atom. The summed E-state index contributed by atoms with van der Waals surface area (Å²) in [6, 6.07) is 17.2. The number of imide groups is 1. The lowest BCUT2D eigenvalue weighted by molar-refractivity contribution is -0.0657. The summed E-state index contributed by atoms with van der Waals surface area (Å²) in [5.74, 6) is -0.889. The highest BCUT2D eigenvalue weighted by Gasteiger charge is 2.58. The van der Waals surface area contributed by atoms with Crippen molar-refractivity contribution in [3.63, 3.8) is 0 Å². The van der Waals surface area contributed by atoms with E-state index in [9.17, 15) is 9.59 Å². The van der Waals surface area contributed by atoms with Crippen molar-refractivity contribution in [2.45, 2.75) is 37.9 Å². The third-order valence-corrected chi connectivity index (χ3v) is 6.20. The van der Waals surface area contributed by atoms with Gasteiger partial charge in [0.1, 0.15) is 18.5 Å². The van der Waals surface area contributed by atoms with E-state index in [0.29, 0.717) is 22.3 Å². The van der Waals surface area contributed by atoms with E-state index in [4.69, 9.17) is 9.47 Å². The Bertz CT molecular complexity index is 1320. The molecule has 2 saturated heterocycles. The number of anilines is 1. The van der Waals surface area contributed by atoms with Crippen molar-refractivity contribution in [1.29, 1.82) is 0 Å². The highest BCUT2D eigenvalue weighted by atomic mass is 16.7. The van der Waals surface area contributed by atoms with Crippen molar-refractivity contribution >= 4 is 28.8 Å². The van der Waals surface area contributed by atoms with Gasteiger partial charge in [0.25, 0.3) is 11.8 Å². The fraction of sp³-hybridized carbons (Fsp3) is 0.240. The average Bonchev–Trinajstić information content (AvgIpc) is 3.42. The van der Waals surface area contributed by atoms with Crippen LogP contribution < -0.4 is 4.90 Å². The molecule has 4 heterocycles. The Labute approximate surface area is 195 Å². The van der Waals surface area contributed by atoms with E-state index < -0.39 is 11.8 Å². The van der Waals surface area contributed by atoms with Gasteiger partial charge in [0.15, 0.2) is 23.2 Å². The predicted octanol–water partition coefficient (Wildman–Crippen LogP) is 3.39. The van der Waals surface area contributed by atoms with Crippen LogP contribution in [-0.2, 0) is 9.47 Å². The minimum absolute atomic E-state index is 0.0181. The molecular formula is C25H21N5O4. The monoisotopic (exact) mass is 455 g/mol. The fourth-order valence-corrected chi connectivity index (χ4v) is 4.44. The van der Waals surface area contributed by atoms with Gasteiger partial charge in [0.2, 0.25) is 0 Å². The maximum absolute atomic E-state index is 13.6. The van der Waals surface area contributed by atoms with Crippen molar-refractivity contribution in [2.24, 2.45) is 0 Å². The molecule has 0 saturated carbocycles. The standard InChI is InChI=1S/C25H21N5O4/c1-2-17-19-20(34-19)25(33-17)29-14-28-18-21(29)26-13-27-22(18)30(23(31)15-9-5-3-6-10-15)24(32)16-11-7-4-8-12-16/h3-14,17,19-20,25H,2H2,1H3/t17-,19+,20+,25-/m1/s1. The SMILES string of the molecule is CC[C@H]1O[C@@H](n2cnc3c(N(C(=O)c4ccccc4)C(=O)c4ccccc4)ncnc32)[C@H]2O[C@H]21. The summed E-state index contributed by atoms with van der Waals surface area (Å²) in [5, 5.41) is 0. The Hall–Kier alpha value is -3.95. The third-order valence-electron chi connectivity index (χ3n) is 6.20. The van der Waals surface area contributed by atoms with Crippen LogP contribution in [0.25, 0.3) is 11.2 Å². The second-order valence-corrected chi connectivity index (χ2v) is 8.24. The maximum Gasteiger partial charge on any atom is 0.266 e. The summed E-state index contributed by atoms with van der Waals surface area (Å²) in [5.41, 5.74) is 1.51. The Balaban J connectivity index is 1.46. The van der Waals surface area contributed by atoms with Gasteiger partial charge < -0.3 is 9.47 Å². The molecule has 9 nitrogen and oxygen atoms in total. The lowest BCUT2D eigenvalue weighted by Crippen LogP contribution is -2.38. The topological polar surface area (TPSA) is 103 Å². The fourth-order valence-electron chi connectivity index (χ4n) is 4.44. The number of carbonyl (C=O) groups excluding carboxylic acids is 2. The first kappa shape index (κ1) is 20.6. The van der Waals surface area contributed by atoms with Gasteiger partial charge >= 0.3 is 0 Å². The maximum atomic E-state index is 13.6. The van der Waals surface area contributed by atoms with E-state index in [1.165, 1.54) is 6.33 Å². The summed E-state index contributed by atoms with van der Waals surface area (Å²) in [4.78, 5) is 41.4. The number of ether oxygens (including phenoxy) is 2. The second kappa shape index (κ2) is 8.12. The number of rotatable bonds is 5. The van der Waals surface area contributed by atoms with E-state index in [-0.39, 0.29) is 30.4 Å². The number of amides is 2. The first-order chi connectivity index (χ1) is 16.7. The molecule has 4 aromatic rings. The van der Waals surface area contributed by atoms with Gasteiger partial charge in [0.05, 0.1) is 12.4 Å². The number of imidazole rings is 1. The van der Waals surface area contributed by atoms with Gasteiger partial charge in [0, 0.05) is 11.1 Å². The van der Waals surface area contributed by atoms with Crippen molar-refractivity contribution in [2.75, 3.05) is 4.90 Å². The normalized spacial score (nSPS) is 23.0. The molecule has 9 heteroatoms. The van der Waals surface area contributed by atoms with Gasteiger partial charge in [-0.2, -0.15) is 0 Å². The number of nitrogens with zero attached hydrogens (tertiary/aromatic N) is 5. The Morgan fingerprint density at radius 1 is 0.882 bits per heavy atom. The van der Waals surface area contributed by atoms with Crippen LogP contribution in [0, 0.1) is 0 Å². The number of aromatic nitrogens is 4. The Kier molecular flexibility index (Phi) is 4.93. The molecule has 2 aliphatic heterocycles. The summed E-state index contributed by atoms with van der Waals surface area (Å²) >= 11 is 0. The van der Waals surface area contributed by atoms with Crippen LogP contribution in [0.2, 0.25) is 0 Å². The van der Waals surface area contributed by atoms with E-state index in [1.54, 1.807) is 59.4 Å². The molecule has 0 spiro atoms. The van der Waals surface area contributed by atoms with Crippen LogP contribution in [-0.4, -0.2) is 49.6 Å². The average molecular weight is 455 g/mol. The smallest absolute Gasteiger partial charge is 0.266 e. The minimum atomic E-state index is -0.502. The van der Waals surface area contributed by atoms with Gasteiger partial charge in [-0.25, -0.2) is 19.9 Å². The summed E-state index contributed by atoms with van der Waals surface area (Å²) in [6.45, 7) is 2.06. The molecule has 0 aliphatic carbocycles. The molecule has 6 rings (SSSR count). The minimum Gasteiger partial charge on any atom is -0.362 e. The molecule has 2 aliphatic rings. The van der Waals surface area contributed by atoms with Gasteiger partial charge in [-0.15, -0.1) is 0 Å². The quantitative estimate of drug-likeness (QED) is 0.336. The predicted molar refractivity (Wildman–Crippen MR) is 122 cm³/mol. The largest absolute Gasteiger partial charge is 0.362 e. The van der Waals surface area contributed by atoms with E-state index in [0.717, 1.165) is 11.3 Å². The molecule has 34 heavy (non-hydrogen) atoms. The highest BCUT2D eigenvalue weighted by Crippen LogP contribution is 2.46. The summed E-state index contributed by atoms with van der Waals surface area (Å²) < 4.78 is 13.7. The number of epoxide rings is 1. The van der Waals surface area contributed by atoms with Crippen molar-refractivity contribution in [3.8, 4) is 0 Å².